The number of halogens is 1. The van der Waals surface area contributed by atoms with Gasteiger partial charge in [0.15, 0.2) is 5.82 Å². The van der Waals surface area contributed by atoms with Gasteiger partial charge in [0.05, 0.1) is 11.1 Å². The summed E-state index contributed by atoms with van der Waals surface area (Å²) in [6, 6.07) is 20.0. The van der Waals surface area contributed by atoms with E-state index in [1.165, 1.54) is 5.56 Å². The van der Waals surface area contributed by atoms with Gasteiger partial charge in [-0.3, -0.25) is 5.43 Å². The number of aromatic nitrogens is 2. The molecule has 0 unspecified atom stereocenters. The Hall–Kier alpha value is -2.76. The molecule has 0 saturated carbocycles. The Kier molecular flexibility index (Phi) is 4.88. The summed E-state index contributed by atoms with van der Waals surface area (Å²) in [5.41, 5.74) is 5.96. The lowest BCUT2D eigenvalue weighted by atomic mass is 10.1. The summed E-state index contributed by atoms with van der Waals surface area (Å²) in [7, 11) is 0. The highest BCUT2D eigenvalue weighted by molar-refractivity contribution is 7.21. The van der Waals surface area contributed by atoms with Crippen LogP contribution in [0.2, 0.25) is 5.02 Å². The number of hydrazone groups is 1. The van der Waals surface area contributed by atoms with Crippen LogP contribution in [-0.2, 0) is 0 Å². The van der Waals surface area contributed by atoms with E-state index in [0.29, 0.717) is 16.7 Å². The standard InChI is InChI=1S/C21H17ClN4S/c1-13(16-10-6-7-11-18(16)22)25-26-20-17-12-19(15-8-4-3-5-9-15)27-21(17)24-14(2)23-20/h3-12H,1-2H3,(H,23,24,26)/b25-13-. The fourth-order valence-corrected chi connectivity index (χ4v) is 4.16. The number of benzene rings is 2. The average Bonchev–Trinajstić information content (AvgIpc) is 3.11. The Bertz CT molecular complexity index is 1140. The van der Waals surface area contributed by atoms with Crippen molar-refractivity contribution in [3.8, 4) is 10.4 Å². The number of thiophene rings is 1. The normalized spacial score (nSPS) is 11.7. The molecule has 4 nitrogen and oxygen atoms in total. The van der Waals surface area contributed by atoms with Crippen LogP contribution in [0.15, 0.2) is 65.8 Å². The van der Waals surface area contributed by atoms with Crippen LogP contribution in [0.1, 0.15) is 18.3 Å². The fraction of sp³-hybridized carbons (Fsp3) is 0.0952. The summed E-state index contributed by atoms with van der Waals surface area (Å²) in [4.78, 5) is 11.2. The largest absolute Gasteiger partial charge is 0.260 e. The smallest absolute Gasteiger partial charge is 0.158 e. The molecule has 0 aliphatic heterocycles. The topological polar surface area (TPSA) is 50.2 Å². The molecular formula is C21H17ClN4S. The molecule has 0 aliphatic rings. The third kappa shape index (κ3) is 3.70. The van der Waals surface area contributed by atoms with Gasteiger partial charge in [-0.05, 0) is 31.5 Å². The van der Waals surface area contributed by atoms with Gasteiger partial charge < -0.3 is 0 Å². The monoisotopic (exact) mass is 392 g/mol. The minimum atomic E-state index is 0.673. The maximum atomic E-state index is 6.26. The second-order valence-corrected chi connectivity index (χ2v) is 7.54. The van der Waals surface area contributed by atoms with Crippen molar-refractivity contribution in [1.29, 1.82) is 0 Å². The van der Waals surface area contributed by atoms with E-state index in [1.54, 1.807) is 11.3 Å². The van der Waals surface area contributed by atoms with Crippen molar-refractivity contribution >= 4 is 44.7 Å². The van der Waals surface area contributed by atoms with Gasteiger partial charge in [0.25, 0.3) is 0 Å². The van der Waals surface area contributed by atoms with Crippen LogP contribution in [0.5, 0.6) is 0 Å². The first-order valence-corrected chi connectivity index (χ1v) is 9.70. The lowest BCUT2D eigenvalue weighted by Gasteiger charge is -2.06. The average molecular weight is 393 g/mol. The van der Waals surface area contributed by atoms with E-state index in [9.17, 15) is 0 Å². The molecule has 27 heavy (non-hydrogen) atoms. The van der Waals surface area contributed by atoms with Gasteiger partial charge in [-0.2, -0.15) is 5.10 Å². The van der Waals surface area contributed by atoms with Crippen LogP contribution < -0.4 is 5.43 Å². The molecule has 0 atom stereocenters. The quantitative estimate of drug-likeness (QED) is 0.334. The van der Waals surface area contributed by atoms with Crippen LogP contribution in [0.3, 0.4) is 0 Å². The van der Waals surface area contributed by atoms with Gasteiger partial charge in [-0.15, -0.1) is 11.3 Å². The zero-order valence-electron chi connectivity index (χ0n) is 14.9. The predicted octanol–water partition coefficient (Wildman–Crippen LogP) is 6.16. The van der Waals surface area contributed by atoms with Crippen molar-refractivity contribution < 1.29 is 0 Å². The van der Waals surface area contributed by atoms with Crippen molar-refractivity contribution in [3.63, 3.8) is 0 Å². The Labute approximate surface area is 166 Å². The van der Waals surface area contributed by atoms with Gasteiger partial charge in [-0.25, -0.2) is 9.97 Å². The van der Waals surface area contributed by atoms with Crippen LogP contribution in [0.4, 0.5) is 5.82 Å². The molecule has 0 amide bonds. The van der Waals surface area contributed by atoms with Crippen molar-refractivity contribution in [2.45, 2.75) is 13.8 Å². The minimum Gasteiger partial charge on any atom is -0.260 e. The first-order chi connectivity index (χ1) is 13.1. The number of nitrogens with zero attached hydrogens (tertiary/aromatic N) is 3. The molecule has 0 spiro atoms. The van der Waals surface area contributed by atoms with Crippen LogP contribution in [0.25, 0.3) is 20.7 Å². The number of nitrogens with one attached hydrogen (secondary N) is 1. The van der Waals surface area contributed by atoms with Crippen LogP contribution in [0, 0.1) is 6.92 Å². The molecule has 2 aromatic heterocycles. The van der Waals surface area contributed by atoms with Gasteiger partial charge in [0.1, 0.15) is 10.7 Å². The number of hydrogen-bond donors (Lipinski definition) is 1. The van der Waals surface area contributed by atoms with Crippen molar-refractivity contribution in [3.05, 3.63) is 77.1 Å². The third-order valence-corrected chi connectivity index (χ3v) is 5.56. The Morgan fingerprint density at radius 1 is 1.04 bits per heavy atom. The first kappa shape index (κ1) is 17.6. The summed E-state index contributed by atoms with van der Waals surface area (Å²) < 4.78 is 0. The highest BCUT2D eigenvalue weighted by Gasteiger charge is 2.12. The summed E-state index contributed by atoms with van der Waals surface area (Å²) >= 11 is 7.91. The van der Waals surface area contributed by atoms with E-state index in [4.69, 9.17) is 11.6 Å². The molecule has 2 heterocycles. The summed E-state index contributed by atoms with van der Waals surface area (Å²) in [6.07, 6.45) is 0. The van der Waals surface area contributed by atoms with Gasteiger partial charge in [0, 0.05) is 15.5 Å². The van der Waals surface area contributed by atoms with Gasteiger partial charge >= 0.3 is 0 Å². The summed E-state index contributed by atoms with van der Waals surface area (Å²) in [5, 5.41) is 6.13. The van der Waals surface area contributed by atoms with Crippen molar-refractivity contribution in [2.24, 2.45) is 5.10 Å². The number of aryl methyl sites for hydroxylation is 1. The van der Waals surface area contributed by atoms with E-state index in [1.807, 2.05) is 56.3 Å². The first-order valence-electron chi connectivity index (χ1n) is 8.50. The zero-order chi connectivity index (χ0) is 18.8. The lowest BCUT2D eigenvalue weighted by molar-refractivity contribution is 1.08. The molecule has 4 rings (SSSR count). The minimum absolute atomic E-state index is 0.673. The number of fused-ring (bicyclic) bond motifs is 1. The zero-order valence-corrected chi connectivity index (χ0v) is 16.5. The molecular weight excluding hydrogens is 376 g/mol. The van der Waals surface area contributed by atoms with Crippen LogP contribution >= 0.6 is 22.9 Å². The fourth-order valence-electron chi connectivity index (χ4n) is 2.81. The second kappa shape index (κ2) is 7.47. The molecule has 2 aromatic carbocycles. The van der Waals surface area contributed by atoms with Crippen molar-refractivity contribution in [2.75, 3.05) is 5.43 Å². The van der Waals surface area contributed by atoms with E-state index in [-0.39, 0.29) is 0 Å². The Balaban J connectivity index is 1.72. The highest BCUT2D eigenvalue weighted by atomic mass is 35.5. The van der Waals surface area contributed by atoms with Crippen LogP contribution in [-0.4, -0.2) is 15.7 Å². The molecule has 6 heteroatoms. The lowest BCUT2D eigenvalue weighted by Crippen LogP contribution is -2.02. The molecule has 0 saturated heterocycles. The third-order valence-electron chi connectivity index (χ3n) is 4.16. The van der Waals surface area contributed by atoms with Gasteiger partial charge in [0.2, 0.25) is 0 Å². The maximum absolute atomic E-state index is 6.26. The van der Waals surface area contributed by atoms with E-state index in [2.05, 4.69) is 38.7 Å². The molecule has 0 radical (unpaired) electrons. The van der Waals surface area contributed by atoms with Gasteiger partial charge in [-0.1, -0.05) is 60.1 Å². The number of rotatable bonds is 4. The molecule has 0 fully saturated rings. The SMILES string of the molecule is C/C(=N/Nc1nc(C)nc2sc(-c3ccccc3)cc12)c1ccccc1Cl. The second-order valence-electron chi connectivity index (χ2n) is 6.10. The molecule has 1 N–H and O–H groups in total. The molecule has 4 aromatic rings. The van der Waals surface area contributed by atoms with Crippen molar-refractivity contribution in [1.82, 2.24) is 9.97 Å². The number of hydrogen-bond acceptors (Lipinski definition) is 5. The Morgan fingerprint density at radius 2 is 1.78 bits per heavy atom. The molecule has 134 valence electrons. The van der Waals surface area contributed by atoms with E-state index < -0.39 is 0 Å². The number of anilines is 1. The molecule has 0 aliphatic carbocycles. The summed E-state index contributed by atoms with van der Waals surface area (Å²) in [5.74, 6) is 1.40. The maximum Gasteiger partial charge on any atom is 0.158 e. The Morgan fingerprint density at radius 3 is 2.56 bits per heavy atom. The predicted molar refractivity (Wildman–Crippen MR) is 115 cm³/mol. The van der Waals surface area contributed by atoms with E-state index in [0.717, 1.165) is 26.4 Å². The highest BCUT2D eigenvalue weighted by Crippen LogP contribution is 2.35. The molecule has 0 bridgehead atoms. The van der Waals surface area contributed by atoms with E-state index >= 15 is 0 Å². The summed E-state index contributed by atoms with van der Waals surface area (Å²) in [6.45, 7) is 3.81.